The zero-order valence-electron chi connectivity index (χ0n) is 11.8. The molecule has 10 heteroatoms. The Balaban J connectivity index is 2.12. The molecule has 8 nitrogen and oxygen atoms in total. The molecule has 3 N–H and O–H groups in total. The van der Waals surface area contributed by atoms with Gasteiger partial charge in [0.05, 0.1) is 19.7 Å². The molecular weight excluding hydrogens is 390 g/mol. The predicted molar refractivity (Wildman–Crippen MR) is 89.2 cm³/mol. The number of thioether (sulfide) groups is 1. The SMILES string of the molecule is COc1cc(Br)cc(/C=N\N=C2\NC(=O)[C@H](CC(=O)O)S2)c1O. The van der Waals surface area contributed by atoms with E-state index in [0.717, 1.165) is 11.8 Å². The molecule has 1 aromatic carbocycles. The van der Waals surface area contributed by atoms with Crippen LogP contribution in [0.4, 0.5) is 0 Å². The zero-order valence-corrected chi connectivity index (χ0v) is 14.2. The van der Waals surface area contributed by atoms with Crippen LogP contribution < -0.4 is 10.1 Å². The summed E-state index contributed by atoms with van der Waals surface area (Å²) in [5, 5.41) is 28.2. The molecule has 0 aliphatic carbocycles. The van der Waals surface area contributed by atoms with E-state index in [2.05, 4.69) is 31.4 Å². The van der Waals surface area contributed by atoms with Crippen molar-refractivity contribution in [2.45, 2.75) is 11.7 Å². The topological polar surface area (TPSA) is 121 Å². The minimum absolute atomic E-state index is 0.0912. The maximum absolute atomic E-state index is 11.5. The number of phenols is 1. The minimum atomic E-state index is -1.06. The predicted octanol–water partition coefficient (Wildman–Crippen LogP) is 1.56. The van der Waals surface area contributed by atoms with Gasteiger partial charge >= 0.3 is 5.97 Å². The van der Waals surface area contributed by atoms with Gasteiger partial charge in [-0.1, -0.05) is 27.7 Å². The molecule has 1 saturated heterocycles. The molecule has 122 valence electrons. The number of carboxylic acids is 1. The van der Waals surface area contributed by atoms with Crippen LogP contribution in [-0.4, -0.2) is 45.8 Å². The monoisotopic (exact) mass is 401 g/mol. The van der Waals surface area contributed by atoms with E-state index in [0.29, 0.717) is 10.0 Å². The fourth-order valence-electron chi connectivity index (χ4n) is 1.74. The number of amidine groups is 1. The van der Waals surface area contributed by atoms with Gasteiger partial charge in [-0.15, -0.1) is 5.10 Å². The smallest absolute Gasteiger partial charge is 0.305 e. The molecule has 0 bridgehead atoms. The van der Waals surface area contributed by atoms with Gasteiger partial charge < -0.3 is 20.3 Å². The lowest BCUT2D eigenvalue weighted by Crippen LogP contribution is -2.26. The summed E-state index contributed by atoms with van der Waals surface area (Å²) < 4.78 is 5.70. The largest absolute Gasteiger partial charge is 0.504 e. The Bertz CT molecular complexity index is 707. The summed E-state index contributed by atoms with van der Waals surface area (Å²) in [7, 11) is 1.43. The standard InChI is InChI=1S/C13H12BrN3O5S/c1-22-8-3-7(14)2-6(11(8)20)5-15-17-13-16-12(21)9(23-13)4-10(18)19/h2-3,5,9,20H,4H2,1H3,(H,18,19)(H,16,17,21)/b15-5-/t9-/m0/s1. The summed E-state index contributed by atoms with van der Waals surface area (Å²) in [6, 6.07) is 3.22. The number of carbonyl (C=O) groups excluding carboxylic acids is 1. The average molecular weight is 402 g/mol. The molecule has 0 saturated carbocycles. The van der Waals surface area contributed by atoms with Crippen LogP contribution in [0.3, 0.4) is 0 Å². The summed E-state index contributed by atoms with van der Waals surface area (Å²) in [5.74, 6) is -1.29. The summed E-state index contributed by atoms with van der Waals surface area (Å²) in [6.45, 7) is 0. The lowest BCUT2D eigenvalue weighted by molar-refractivity contribution is -0.138. The average Bonchev–Trinajstić information content (AvgIpc) is 2.81. The Morgan fingerprint density at radius 2 is 2.30 bits per heavy atom. The fraction of sp³-hybridized carbons (Fsp3) is 0.231. The number of carbonyl (C=O) groups is 2. The molecule has 1 heterocycles. The fourth-order valence-corrected chi connectivity index (χ4v) is 3.11. The number of amides is 1. The first-order valence-corrected chi connectivity index (χ1v) is 7.94. The van der Waals surface area contributed by atoms with E-state index in [1.807, 2.05) is 0 Å². The molecule has 1 aromatic rings. The Hall–Kier alpha value is -2.07. The molecule has 1 aliphatic heterocycles. The molecule has 1 atom stereocenters. The van der Waals surface area contributed by atoms with E-state index in [9.17, 15) is 14.7 Å². The number of phenolic OH excluding ortho intramolecular Hbond substituents is 1. The summed E-state index contributed by atoms with van der Waals surface area (Å²) in [4.78, 5) is 22.2. The third kappa shape index (κ3) is 4.45. The molecule has 2 rings (SSSR count). The lowest BCUT2D eigenvalue weighted by atomic mass is 10.2. The van der Waals surface area contributed by atoms with Gasteiger partial charge in [-0.25, -0.2) is 0 Å². The maximum atomic E-state index is 11.5. The molecule has 0 unspecified atom stereocenters. The highest BCUT2D eigenvalue weighted by molar-refractivity contribution is 9.10. The number of aliphatic carboxylic acids is 1. The third-order valence-electron chi connectivity index (χ3n) is 2.77. The van der Waals surface area contributed by atoms with Crippen LogP contribution >= 0.6 is 27.7 Å². The molecular formula is C13H12BrN3O5S. The minimum Gasteiger partial charge on any atom is -0.504 e. The highest BCUT2D eigenvalue weighted by Gasteiger charge is 2.32. The molecule has 0 spiro atoms. The first kappa shape index (κ1) is 17.3. The second-order valence-corrected chi connectivity index (χ2v) is 6.50. The Morgan fingerprint density at radius 1 is 1.57 bits per heavy atom. The first-order chi connectivity index (χ1) is 10.9. The van der Waals surface area contributed by atoms with Gasteiger partial charge in [0.1, 0.15) is 5.25 Å². The van der Waals surface area contributed by atoms with Crippen molar-refractivity contribution in [3.05, 3.63) is 22.2 Å². The van der Waals surface area contributed by atoms with Crippen molar-refractivity contribution in [1.82, 2.24) is 5.32 Å². The van der Waals surface area contributed by atoms with E-state index in [4.69, 9.17) is 9.84 Å². The normalized spacial score (nSPS) is 19.3. The Morgan fingerprint density at radius 3 is 2.96 bits per heavy atom. The quantitative estimate of drug-likeness (QED) is 0.508. The molecule has 0 radical (unpaired) electrons. The van der Waals surface area contributed by atoms with Crippen LogP contribution in [-0.2, 0) is 9.59 Å². The number of hydrogen-bond acceptors (Lipinski definition) is 7. The second kappa shape index (κ2) is 7.47. The highest BCUT2D eigenvalue weighted by Crippen LogP contribution is 2.32. The molecule has 1 amide bonds. The number of nitrogens with one attached hydrogen (secondary N) is 1. The van der Waals surface area contributed by atoms with Crippen LogP contribution in [0.15, 0.2) is 26.8 Å². The Labute approximate surface area is 143 Å². The van der Waals surface area contributed by atoms with Crippen molar-refractivity contribution in [3.63, 3.8) is 0 Å². The van der Waals surface area contributed by atoms with Crippen LogP contribution in [0.1, 0.15) is 12.0 Å². The number of halogens is 1. The summed E-state index contributed by atoms with van der Waals surface area (Å²) in [5.41, 5.74) is 0.372. The Kier molecular flexibility index (Phi) is 5.61. The zero-order chi connectivity index (χ0) is 17.0. The third-order valence-corrected chi connectivity index (χ3v) is 4.30. The van der Waals surface area contributed by atoms with Gasteiger partial charge in [0, 0.05) is 10.0 Å². The number of hydrogen-bond donors (Lipinski definition) is 3. The van der Waals surface area contributed by atoms with E-state index in [1.165, 1.54) is 13.3 Å². The van der Waals surface area contributed by atoms with Crippen molar-refractivity contribution in [2.24, 2.45) is 10.2 Å². The van der Waals surface area contributed by atoms with Crippen LogP contribution in [0.25, 0.3) is 0 Å². The van der Waals surface area contributed by atoms with Gasteiger partial charge in [-0.2, -0.15) is 5.10 Å². The van der Waals surface area contributed by atoms with Gasteiger partial charge in [-0.05, 0) is 12.1 Å². The van der Waals surface area contributed by atoms with Crippen LogP contribution in [0, 0.1) is 0 Å². The molecule has 1 fully saturated rings. The molecule has 23 heavy (non-hydrogen) atoms. The summed E-state index contributed by atoms with van der Waals surface area (Å²) in [6.07, 6.45) is 1.01. The van der Waals surface area contributed by atoms with E-state index >= 15 is 0 Å². The number of rotatable bonds is 5. The van der Waals surface area contributed by atoms with Crippen molar-refractivity contribution >= 4 is 51.0 Å². The summed E-state index contributed by atoms with van der Waals surface area (Å²) >= 11 is 4.27. The highest BCUT2D eigenvalue weighted by atomic mass is 79.9. The van der Waals surface area contributed by atoms with Crippen molar-refractivity contribution in [2.75, 3.05) is 7.11 Å². The number of nitrogens with zero attached hydrogens (tertiary/aromatic N) is 2. The molecule has 1 aliphatic rings. The van der Waals surface area contributed by atoms with E-state index < -0.39 is 17.1 Å². The van der Waals surface area contributed by atoms with Crippen LogP contribution in [0.2, 0.25) is 0 Å². The van der Waals surface area contributed by atoms with E-state index in [1.54, 1.807) is 12.1 Å². The molecule has 0 aromatic heterocycles. The number of benzene rings is 1. The van der Waals surface area contributed by atoms with Crippen LogP contribution in [0.5, 0.6) is 11.5 Å². The first-order valence-electron chi connectivity index (χ1n) is 6.27. The maximum Gasteiger partial charge on any atom is 0.305 e. The van der Waals surface area contributed by atoms with Crippen molar-refractivity contribution in [1.29, 1.82) is 0 Å². The number of methoxy groups -OCH3 is 1. The lowest BCUT2D eigenvalue weighted by Gasteiger charge is -2.06. The van der Waals surface area contributed by atoms with Gasteiger partial charge in [0.25, 0.3) is 0 Å². The van der Waals surface area contributed by atoms with Crippen molar-refractivity contribution in [3.8, 4) is 11.5 Å². The van der Waals surface area contributed by atoms with Gasteiger partial charge in [0.15, 0.2) is 16.7 Å². The van der Waals surface area contributed by atoms with Crippen molar-refractivity contribution < 1.29 is 24.5 Å². The second-order valence-electron chi connectivity index (χ2n) is 4.39. The van der Waals surface area contributed by atoms with E-state index in [-0.39, 0.29) is 23.1 Å². The number of aromatic hydroxyl groups is 1. The van der Waals surface area contributed by atoms with Gasteiger partial charge in [0.2, 0.25) is 5.91 Å². The number of ether oxygens (including phenoxy) is 1. The van der Waals surface area contributed by atoms with Gasteiger partial charge in [-0.3, -0.25) is 9.59 Å². The number of carboxylic acid groups (broad SMARTS) is 1.